The first-order valence-electron chi connectivity index (χ1n) is 7.24. The van der Waals surface area contributed by atoms with E-state index in [4.69, 9.17) is 0 Å². The maximum absolute atomic E-state index is 11.3. The monoisotopic (exact) mass is 269 g/mol. The number of hydrogen-bond acceptors (Lipinski definition) is 1. The Kier molecular flexibility index (Phi) is 3.35. The Morgan fingerprint density at radius 1 is 1.20 bits per heavy atom. The fourth-order valence-electron chi connectivity index (χ4n) is 2.71. The number of aryl methyl sites for hydroxylation is 1. The predicted molar refractivity (Wildman–Crippen MR) is 79.1 cm³/mol. The van der Waals surface area contributed by atoms with Crippen molar-refractivity contribution in [2.75, 3.05) is 0 Å². The molecule has 0 bridgehead atoms. The predicted octanol–water partition coefficient (Wildman–Crippen LogP) is 4.14. The van der Waals surface area contributed by atoms with E-state index in [1.807, 2.05) is 10.6 Å². The van der Waals surface area contributed by atoms with Crippen molar-refractivity contribution in [2.24, 2.45) is 0 Å². The quantitative estimate of drug-likeness (QED) is 0.886. The van der Waals surface area contributed by atoms with E-state index in [2.05, 4.69) is 31.2 Å². The molecule has 1 N–H and O–H groups in total. The second-order valence-electron chi connectivity index (χ2n) is 5.46. The lowest BCUT2D eigenvalue weighted by molar-refractivity contribution is 0.0685. The number of carbonyl (C=O) groups is 1. The Balaban J connectivity index is 1.99. The molecular weight excluding hydrogens is 250 g/mol. The summed E-state index contributed by atoms with van der Waals surface area (Å²) in [5, 5.41) is 9.30. The minimum atomic E-state index is -0.842. The summed E-state index contributed by atoms with van der Waals surface area (Å²) in [5.41, 5.74) is 3.86. The van der Waals surface area contributed by atoms with E-state index >= 15 is 0 Å². The number of nitrogens with zero attached hydrogens (tertiary/aromatic N) is 1. The van der Waals surface area contributed by atoms with Crippen LogP contribution in [0.4, 0.5) is 0 Å². The highest BCUT2D eigenvalue weighted by Gasteiger charge is 2.29. The molecule has 20 heavy (non-hydrogen) atoms. The minimum absolute atomic E-state index is 0.362. The smallest absolute Gasteiger partial charge is 0.352 e. The molecule has 0 unspecified atom stereocenters. The SMILES string of the molecule is CCCc1ccc(-c2ccc(C(=O)O)n2C2CC2)cc1. The number of rotatable bonds is 5. The van der Waals surface area contributed by atoms with Crippen molar-refractivity contribution in [2.45, 2.75) is 38.6 Å². The van der Waals surface area contributed by atoms with E-state index in [0.717, 1.165) is 36.9 Å². The van der Waals surface area contributed by atoms with Gasteiger partial charge in [0.05, 0.1) is 0 Å². The molecule has 0 amide bonds. The van der Waals surface area contributed by atoms with Gasteiger partial charge >= 0.3 is 5.97 Å². The number of aromatic carboxylic acids is 1. The summed E-state index contributed by atoms with van der Waals surface area (Å²) in [6.07, 6.45) is 4.39. The average Bonchev–Trinajstić information content (AvgIpc) is 3.18. The van der Waals surface area contributed by atoms with E-state index < -0.39 is 5.97 Å². The van der Waals surface area contributed by atoms with E-state index in [9.17, 15) is 9.90 Å². The molecule has 1 aliphatic carbocycles. The lowest BCUT2D eigenvalue weighted by atomic mass is 10.1. The van der Waals surface area contributed by atoms with Crippen molar-refractivity contribution in [3.05, 3.63) is 47.7 Å². The zero-order valence-electron chi connectivity index (χ0n) is 11.7. The second-order valence-corrected chi connectivity index (χ2v) is 5.46. The summed E-state index contributed by atoms with van der Waals surface area (Å²) >= 11 is 0. The normalized spacial score (nSPS) is 14.4. The van der Waals surface area contributed by atoms with Gasteiger partial charge in [-0.1, -0.05) is 37.6 Å². The first-order chi connectivity index (χ1) is 9.70. The van der Waals surface area contributed by atoms with Crippen molar-refractivity contribution < 1.29 is 9.90 Å². The highest BCUT2D eigenvalue weighted by molar-refractivity contribution is 5.87. The number of carboxylic acids is 1. The van der Waals surface area contributed by atoms with E-state index in [-0.39, 0.29) is 0 Å². The summed E-state index contributed by atoms with van der Waals surface area (Å²) in [7, 11) is 0. The standard InChI is InChI=1S/C17H19NO2/c1-2-3-12-4-6-13(7-5-12)15-10-11-16(17(19)20)18(15)14-8-9-14/h4-7,10-11,14H,2-3,8-9H2,1H3,(H,19,20). The largest absolute Gasteiger partial charge is 0.477 e. The van der Waals surface area contributed by atoms with E-state index in [1.165, 1.54) is 5.56 Å². The number of carboxylic acid groups (broad SMARTS) is 1. The fraction of sp³-hybridized carbons (Fsp3) is 0.353. The molecule has 1 aromatic carbocycles. The van der Waals surface area contributed by atoms with Crippen LogP contribution in [0.5, 0.6) is 0 Å². The molecule has 0 atom stereocenters. The van der Waals surface area contributed by atoms with Crippen LogP contribution >= 0.6 is 0 Å². The minimum Gasteiger partial charge on any atom is -0.477 e. The van der Waals surface area contributed by atoms with Gasteiger partial charge in [-0.2, -0.15) is 0 Å². The van der Waals surface area contributed by atoms with Crippen molar-refractivity contribution in [1.82, 2.24) is 4.57 Å². The molecule has 0 spiro atoms. The summed E-state index contributed by atoms with van der Waals surface area (Å²) < 4.78 is 1.98. The Morgan fingerprint density at radius 3 is 2.45 bits per heavy atom. The molecule has 1 aromatic heterocycles. The Morgan fingerprint density at radius 2 is 1.90 bits per heavy atom. The van der Waals surface area contributed by atoms with Gasteiger partial charge in [0.2, 0.25) is 0 Å². The lowest BCUT2D eigenvalue weighted by Gasteiger charge is -2.11. The topological polar surface area (TPSA) is 42.2 Å². The van der Waals surface area contributed by atoms with Crippen molar-refractivity contribution >= 4 is 5.97 Å². The molecule has 3 rings (SSSR count). The second kappa shape index (κ2) is 5.16. The zero-order chi connectivity index (χ0) is 14.1. The third-order valence-corrected chi connectivity index (χ3v) is 3.84. The first-order valence-corrected chi connectivity index (χ1v) is 7.24. The van der Waals surface area contributed by atoms with Gasteiger partial charge in [-0.3, -0.25) is 0 Å². The molecule has 2 aromatic rings. The summed E-state index contributed by atoms with van der Waals surface area (Å²) in [5.74, 6) is -0.842. The van der Waals surface area contributed by atoms with Gasteiger partial charge in [-0.05, 0) is 42.5 Å². The van der Waals surface area contributed by atoms with Crippen LogP contribution in [0.1, 0.15) is 48.3 Å². The summed E-state index contributed by atoms with van der Waals surface area (Å²) in [4.78, 5) is 11.3. The molecular formula is C17H19NO2. The molecule has 104 valence electrons. The van der Waals surface area contributed by atoms with Crippen LogP contribution in [0.2, 0.25) is 0 Å². The number of benzene rings is 1. The van der Waals surface area contributed by atoms with Gasteiger partial charge in [0.1, 0.15) is 5.69 Å². The molecule has 3 nitrogen and oxygen atoms in total. The molecule has 1 saturated carbocycles. The van der Waals surface area contributed by atoms with Crippen LogP contribution in [0, 0.1) is 0 Å². The summed E-state index contributed by atoms with van der Waals surface area (Å²) in [6, 6.07) is 12.5. The van der Waals surface area contributed by atoms with Gasteiger partial charge in [0.15, 0.2) is 0 Å². The maximum Gasteiger partial charge on any atom is 0.352 e. The van der Waals surface area contributed by atoms with Crippen molar-refractivity contribution in [3.8, 4) is 11.3 Å². The zero-order valence-corrected chi connectivity index (χ0v) is 11.7. The highest BCUT2D eigenvalue weighted by Crippen LogP contribution is 2.40. The lowest BCUT2D eigenvalue weighted by Crippen LogP contribution is -2.08. The molecule has 1 heterocycles. The van der Waals surface area contributed by atoms with Gasteiger partial charge in [0, 0.05) is 11.7 Å². The Labute approximate surface area is 118 Å². The molecule has 3 heteroatoms. The number of hydrogen-bond donors (Lipinski definition) is 1. The molecule has 0 radical (unpaired) electrons. The van der Waals surface area contributed by atoms with Crippen LogP contribution < -0.4 is 0 Å². The first kappa shape index (κ1) is 13.0. The van der Waals surface area contributed by atoms with Gasteiger partial charge in [0.25, 0.3) is 0 Å². The van der Waals surface area contributed by atoms with E-state index in [1.54, 1.807) is 6.07 Å². The third kappa shape index (κ3) is 2.36. The number of aromatic nitrogens is 1. The Hall–Kier alpha value is -2.03. The van der Waals surface area contributed by atoms with Gasteiger partial charge < -0.3 is 9.67 Å². The fourth-order valence-corrected chi connectivity index (χ4v) is 2.71. The van der Waals surface area contributed by atoms with Crippen LogP contribution in [-0.2, 0) is 6.42 Å². The van der Waals surface area contributed by atoms with Gasteiger partial charge in [-0.15, -0.1) is 0 Å². The van der Waals surface area contributed by atoms with Crippen LogP contribution in [0.15, 0.2) is 36.4 Å². The van der Waals surface area contributed by atoms with Gasteiger partial charge in [-0.25, -0.2) is 4.79 Å². The van der Waals surface area contributed by atoms with Crippen molar-refractivity contribution in [3.63, 3.8) is 0 Å². The molecule has 0 aliphatic heterocycles. The average molecular weight is 269 g/mol. The maximum atomic E-state index is 11.3. The molecule has 1 fully saturated rings. The Bertz CT molecular complexity index is 621. The van der Waals surface area contributed by atoms with Crippen LogP contribution in [0.25, 0.3) is 11.3 Å². The van der Waals surface area contributed by atoms with Crippen LogP contribution in [-0.4, -0.2) is 15.6 Å². The molecule has 0 saturated heterocycles. The molecule has 1 aliphatic rings. The summed E-state index contributed by atoms with van der Waals surface area (Å²) in [6.45, 7) is 2.17. The van der Waals surface area contributed by atoms with E-state index in [0.29, 0.717) is 11.7 Å². The van der Waals surface area contributed by atoms with Crippen LogP contribution in [0.3, 0.4) is 0 Å². The third-order valence-electron chi connectivity index (χ3n) is 3.84. The highest BCUT2D eigenvalue weighted by atomic mass is 16.4. The van der Waals surface area contributed by atoms with Crippen molar-refractivity contribution in [1.29, 1.82) is 0 Å².